The van der Waals surface area contributed by atoms with Gasteiger partial charge in [0.15, 0.2) is 0 Å². The highest BCUT2D eigenvalue weighted by Crippen LogP contribution is 2.39. The quantitative estimate of drug-likeness (QED) is 0.169. The molecule has 0 radical (unpaired) electrons. The van der Waals surface area contributed by atoms with E-state index in [4.69, 9.17) is 4.74 Å². The number of rotatable bonds is 6. The number of hydrogen-bond acceptors (Lipinski definition) is 3. The van der Waals surface area contributed by atoms with Gasteiger partial charge in [0.25, 0.3) is 0 Å². The summed E-state index contributed by atoms with van der Waals surface area (Å²) < 4.78 is 10.1. The molecule has 0 fully saturated rings. The summed E-state index contributed by atoms with van der Waals surface area (Å²) in [6.07, 6.45) is 6.50. The Labute approximate surface area is 325 Å². The Hall–Kier alpha value is -4.42. The number of phenols is 1. The third-order valence-corrected chi connectivity index (χ3v) is 11.6. The minimum atomic E-state index is 0.306. The Morgan fingerprint density at radius 2 is 1.08 bits per heavy atom. The summed E-state index contributed by atoms with van der Waals surface area (Å²) in [6.45, 7) is 2.27. The van der Waals surface area contributed by atoms with Gasteiger partial charge in [-0.15, -0.1) is 11.3 Å². The monoisotopic (exact) mass is 826 g/mol. The molecule has 1 N–H and O–H groups in total. The summed E-state index contributed by atoms with van der Waals surface area (Å²) in [7, 11) is 1.68. The molecular weight excluding hydrogens is 788 g/mol. The van der Waals surface area contributed by atoms with Gasteiger partial charge in [0.1, 0.15) is 11.5 Å². The number of aryl methyl sites for hydroxylation is 1. The Kier molecular flexibility index (Phi) is 11.4. The molecule has 9 aromatic rings. The van der Waals surface area contributed by atoms with Crippen molar-refractivity contribution in [1.29, 1.82) is 0 Å². The van der Waals surface area contributed by atoms with Crippen LogP contribution in [0.15, 0.2) is 148 Å². The molecular formula is C47H40Br2O2S. The van der Waals surface area contributed by atoms with Crippen molar-refractivity contribution in [3.8, 4) is 11.5 Å². The SMILES string of the molecule is CCCCCCc1ccc2cc3c(cc2c1)sc1cc2ccccc2cc13.COc1ccc2ccc(Br)cc2c1.Oc1ccc2ccc(Br)cc2c1. The number of phenolic OH excluding ortho intramolecular Hbond substituents is 1. The Morgan fingerprint density at radius 1 is 0.519 bits per heavy atom. The fourth-order valence-electron chi connectivity index (χ4n) is 6.69. The zero-order valence-corrected chi connectivity index (χ0v) is 33.3. The van der Waals surface area contributed by atoms with Gasteiger partial charge in [-0.05, 0) is 134 Å². The third-order valence-electron chi connectivity index (χ3n) is 9.48. The van der Waals surface area contributed by atoms with E-state index in [1.54, 1.807) is 19.2 Å². The number of halogens is 2. The zero-order chi connectivity index (χ0) is 36.0. The minimum absolute atomic E-state index is 0.306. The molecule has 8 aromatic carbocycles. The van der Waals surface area contributed by atoms with Gasteiger partial charge in [0, 0.05) is 29.1 Å². The Morgan fingerprint density at radius 3 is 1.75 bits per heavy atom. The first kappa shape index (κ1) is 36.0. The van der Waals surface area contributed by atoms with Gasteiger partial charge in [-0.3, -0.25) is 0 Å². The normalized spacial score (nSPS) is 11.2. The summed E-state index contributed by atoms with van der Waals surface area (Å²) >= 11 is 8.74. The second-order valence-corrected chi connectivity index (χ2v) is 16.1. The standard InChI is InChI=1S/C26H24S.C11H9BrO.C10H7BrO/c1-2-3-4-5-8-18-11-12-21-15-24-23-14-19-9-6-7-10-20(19)16-25(23)27-26(24)17-22(21)13-18;1-13-11-5-3-8-2-4-10(12)6-9(8)7-11;11-9-3-1-7-2-4-10(12)6-8(7)5-9/h6-7,9-17H,2-5,8H2,1H3;2-7H,1H3;1-6,12H. The van der Waals surface area contributed by atoms with E-state index >= 15 is 0 Å². The van der Waals surface area contributed by atoms with Gasteiger partial charge >= 0.3 is 0 Å². The summed E-state index contributed by atoms with van der Waals surface area (Å²) in [6, 6.07) is 48.8. The lowest BCUT2D eigenvalue weighted by Crippen LogP contribution is -1.86. The number of fused-ring (bicyclic) bond motifs is 7. The smallest absolute Gasteiger partial charge is 0.119 e. The van der Waals surface area contributed by atoms with E-state index in [2.05, 4.69) is 124 Å². The lowest BCUT2D eigenvalue weighted by atomic mass is 10.00. The lowest BCUT2D eigenvalue weighted by molar-refractivity contribution is 0.415. The van der Waals surface area contributed by atoms with Crippen molar-refractivity contribution in [2.45, 2.75) is 39.0 Å². The molecule has 0 unspecified atom stereocenters. The zero-order valence-electron chi connectivity index (χ0n) is 29.3. The Balaban J connectivity index is 0.000000139. The predicted molar refractivity (Wildman–Crippen MR) is 234 cm³/mol. The van der Waals surface area contributed by atoms with Crippen molar-refractivity contribution in [1.82, 2.24) is 0 Å². The average Bonchev–Trinajstić information content (AvgIpc) is 3.50. The van der Waals surface area contributed by atoms with Gasteiger partial charge < -0.3 is 9.84 Å². The highest BCUT2D eigenvalue weighted by atomic mass is 79.9. The summed E-state index contributed by atoms with van der Waals surface area (Å²) in [4.78, 5) is 0. The van der Waals surface area contributed by atoms with E-state index in [0.29, 0.717) is 5.75 Å². The molecule has 2 nitrogen and oxygen atoms in total. The highest BCUT2D eigenvalue weighted by molar-refractivity contribution is 9.10. The van der Waals surface area contributed by atoms with Crippen molar-refractivity contribution in [3.63, 3.8) is 0 Å². The molecule has 5 heteroatoms. The molecule has 0 saturated heterocycles. The maximum absolute atomic E-state index is 9.21. The van der Waals surface area contributed by atoms with E-state index in [1.807, 2.05) is 53.8 Å². The van der Waals surface area contributed by atoms with Crippen molar-refractivity contribution >= 4 is 106 Å². The molecule has 1 heterocycles. The molecule has 260 valence electrons. The van der Waals surface area contributed by atoms with Crippen LogP contribution in [-0.4, -0.2) is 12.2 Å². The summed E-state index contributed by atoms with van der Waals surface area (Å²) in [5.41, 5.74) is 1.48. The molecule has 1 aromatic heterocycles. The van der Waals surface area contributed by atoms with Gasteiger partial charge in [-0.2, -0.15) is 0 Å². The molecule has 0 amide bonds. The summed E-state index contributed by atoms with van der Waals surface area (Å²) in [5.74, 6) is 1.20. The first-order chi connectivity index (χ1) is 25.4. The van der Waals surface area contributed by atoms with Gasteiger partial charge in [-0.25, -0.2) is 0 Å². The van der Waals surface area contributed by atoms with Crippen molar-refractivity contribution in [2.75, 3.05) is 7.11 Å². The fourth-order valence-corrected chi connectivity index (χ4v) is 8.62. The van der Waals surface area contributed by atoms with E-state index < -0.39 is 0 Å². The molecule has 0 aliphatic heterocycles. The van der Waals surface area contributed by atoms with Crippen LogP contribution in [0.2, 0.25) is 0 Å². The molecule has 0 aliphatic rings. The predicted octanol–water partition coefficient (Wildman–Crippen LogP) is 15.4. The van der Waals surface area contributed by atoms with Crippen LogP contribution >= 0.6 is 43.2 Å². The van der Waals surface area contributed by atoms with E-state index in [0.717, 1.165) is 25.5 Å². The van der Waals surface area contributed by atoms with Crippen molar-refractivity contribution in [3.05, 3.63) is 154 Å². The van der Waals surface area contributed by atoms with Crippen molar-refractivity contribution < 1.29 is 9.84 Å². The minimum Gasteiger partial charge on any atom is -0.508 e. The van der Waals surface area contributed by atoms with E-state index in [-0.39, 0.29) is 0 Å². The lowest BCUT2D eigenvalue weighted by Gasteiger charge is -2.05. The van der Waals surface area contributed by atoms with E-state index in [1.165, 1.54) is 90.2 Å². The van der Waals surface area contributed by atoms with Crippen LogP contribution < -0.4 is 4.74 Å². The first-order valence-corrected chi connectivity index (χ1v) is 20.2. The van der Waals surface area contributed by atoms with Crippen LogP contribution in [0.5, 0.6) is 11.5 Å². The maximum Gasteiger partial charge on any atom is 0.119 e. The van der Waals surface area contributed by atoms with E-state index in [9.17, 15) is 5.11 Å². The van der Waals surface area contributed by atoms with Crippen LogP contribution in [0.4, 0.5) is 0 Å². The van der Waals surface area contributed by atoms with Crippen LogP contribution in [-0.2, 0) is 6.42 Å². The van der Waals surface area contributed by atoms with Crippen LogP contribution in [0, 0.1) is 0 Å². The second-order valence-electron chi connectivity index (χ2n) is 13.2. The molecule has 0 spiro atoms. The number of aromatic hydroxyl groups is 1. The maximum atomic E-state index is 9.21. The number of methoxy groups -OCH3 is 1. The third kappa shape index (κ3) is 8.44. The largest absolute Gasteiger partial charge is 0.508 e. The van der Waals surface area contributed by atoms with Gasteiger partial charge in [-0.1, -0.05) is 125 Å². The molecule has 52 heavy (non-hydrogen) atoms. The molecule has 0 bridgehead atoms. The first-order valence-electron chi connectivity index (χ1n) is 17.8. The van der Waals surface area contributed by atoms with Crippen molar-refractivity contribution in [2.24, 2.45) is 0 Å². The molecule has 0 saturated carbocycles. The Bertz CT molecular complexity index is 2620. The van der Waals surface area contributed by atoms with Gasteiger partial charge in [0.2, 0.25) is 0 Å². The molecule has 0 aliphatic carbocycles. The molecule has 0 atom stereocenters. The van der Waals surface area contributed by atoms with Gasteiger partial charge in [0.05, 0.1) is 7.11 Å². The topological polar surface area (TPSA) is 29.5 Å². The second kappa shape index (κ2) is 16.5. The van der Waals surface area contributed by atoms with Crippen LogP contribution in [0.1, 0.15) is 38.2 Å². The number of thiophene rings is 1. The highest BCUT2D eigenvalue weighted by Gasteiger charge is 2.09. The summed E-state index contributed by atoms with van der Waals surface area (Å²) in [5, 5.41) is 22.0. The van der Waals surface area contributed by atoms with Crippen LogP contribution in [0.25, 0.3) is 63.3 Å². The number of unbranched alkanes of at least 4 members (excludes halogenated alkanes) is 3. The number of hydrogen-bond donors (Lipinski definition) is 1. The fraction of sp³-hybridized carbons (Fsp3) is 0.149. The van der Waals surface area contributed by atoms with Crippen LogP contribution in [0.3, 0.4) is 0 Å². The molecule has 9 rings (SSSR count). The number of ether oxygens (including phenoxy) is 1. The average molecular weight is 829 g/mol. The number of benzene rings is 8.